The van der Waals surface area contributed by atoms with Crippen molar-refractivity contribution in [3.8, 4) is 11.5 Å². The van der Waals surface area contributed by atoms with Crippen molar-refractivity contribution in [2.45, 2.75) is 25.4 Å². The number of amides is 1. The first-order valence-electron chi connectivity index (χ1n) is 11.6. The standard InChI is InChI=1S/C25H26ClFN4O4/c1-33-21-11-17-20(28-14-29-24(17)30-19-4-2-3-18(26)23(19)27)12-22(21)35-16-5-8-31(9-6-16)25(32)15-7-10-34-13-15/h2-4,11-12,14-16H,5-10,13H2,1H3,(H,28,29,30). The zero-order chi connectivity index (χ0) is 24.4. The number of carbonyl (C=O) groups excluding carboxylic acids is 1. The average Bonchev–Trinajstić information content (AvgIpc) is 3.42. The number of nitrogens with zero attached hydrogens (tertiary/aromatic N) is 3. The number of piperidine rings is 1. The molecule has 3 heterocycles. The molecule has 2 aliphatic rings. The molecule has 2 aromatic carbocycles. The summed E-state index contributed by atoms with van der Waals surface area (Å²) in [6.45, 7) is 2.48. The molecule has 35 heavy (non-hydrogen) atoms. The van der Waals surface area contributed by atoms with Crippen molar-refractivity contribution < 1.29 is 23.4 Å². The summed E-state index contributed by atoms with van der Waals surface area (Å²) in [6, 6.07) is 8.29. The van der Waals surface area contributed by atoms with Crippen molar-refractivity contribution in [3.05, 3.63) is 47.5 Å². The van der Waals surface area contributed by atoms with E-state index in [0.29, 0.717) is 54.5 Å². The number of hydrogen-bond acceptors (Lipinski definition) is 7. The summed E-state index contributed by atoms with van der Waals surface area (Å²) in [5.41, 5.74) is 0.830. The summed E-state index contributed by atoms with van der Waals surface area (Å²) in [5, 5.41) is 3.66. The molecule has 5 rings (SSSR count). The Bertz CT molecular complexity index is 1230. The second-order valence-corrected chi connectivity index (χ2v) is 9.08. The molecule has 0 bridgehead atoms. The van der Waals surface area contributed by atoms with E-state index in [0.717, 1.165) is 19.3 Å². The molecule has 3 aromatic rings. The first-order valence-corrected chi connectivity index (χ1v) is 12.0. The molecular formula is C25H26ClFN4O4. The maximum atomic E-state index is 14.4. The van der Waals surface area contributed by atoms with Crippen LogP contribution in [0, 0.1) is 11.7 Å². The summed E-state index contributed by atoms with van der Waals surface area (Å²) in [6.07, 6.45) is 3.60. The van der Waals surface area contributed by atoms with Crippen LogP contribution in [0.1, 0.15) is 19.3 Å². The van der Waals surface area contributed by atoms with E-state index in [1.807, 2.05) is 4.90 Å². The van der Waals surface area contributed by atoms with Crippen LogP contribution < -0.4 is 14.8 Å². The summed E-state index contributed by atoms with van der Waals surface area (Å²) in [5.74, 6) is 1.10. The van der Waals surface area contributed by atoms with Gasteiger partial charge in [-0.25, -0.2) is 14.4 Å². The van der Waals surface area contributed by atoms with E-state index in [2.05, 4.69) is 15.3 Å². The van der Waals surface area contributed by atoms with Crippen LogP contribution >= 0.6 is 11.6 Å². The molecule has 1 N–H and O–H groups in total. The molecule has 2 aliphatic heterocycles. The molecule has 1 unspecified atom stereocenters. The fourth-order valence-corrected chi connectivity index (χ4v) is 4.68. The Labute approximate surface area is 207 Å². The Morgan fingerprint density at radius 2 is 2.03 bits per heavy atom. The third kappa shape index (κ3) is 4.97. The van der Waals surface area contributed by atoms with Gasteiger partial charge in [-0.3, -0.25) is 4.79 Å². The Balaban J connectivity index is 1.32. The van der Waals surface area contributed by atoms with Gasteiger partial charge in [-0.05, 0) is 24.6 Å². The number of fused-ring (bicyclic) bond motifs is 1. The van der Waals surface area contributed by atoms with Crippen molar-refractivity contribution in [1.82, 2.24) is 14.9 Å². The zero-order valence-electron chi connectivity index (χ0n) is 19.3. The molecule has 1 aromatic heterocycles. The predicted octanol–water partition coefficient (Wildman–Crippen LogP) is 4.58. The van der Waals surface area contributed by atoms with Gasteiger partial charge in [0.15, 0.2) is 17.3 Å². The van der Waals surface area contributed by atoms with Gasteiger partial charge in [-0.1, -0.05) is 17.7 Å². The number of carbonyl (C=O) groups is 1. The second kappa shape index (κ2) is 10.2. The van der Waals surface area contributed by atoms with E-state index in [1.54, 1.807) is 31.4 Å². The molecular weight excluding hydrogens is 475 g/mol. The van der Waals surface area contributed by atoms with Gasteiger partial charge in [0, 0.05) is 44.0 Å². The largest absolute Gasteiger partial charge is 0.493 e. The molecule has 0 aliphatic carbocycles. The van der Waals surface area contributed by atoms with Gasteiger partial charge in [0.2, 0.25) is 5.91 Å². The highest BCUT2D eigenvalue weighted by Crippen LogP contribution is 2.37. The number of halogens is 2. The highest BCUT2D eigenvalue weighted by molar-refractivity contribution is 6.31. The maximum absolute atomic E-state index is 14.4. The minimum atomic E-state index is -0.557. The van der Waals surface area contributed by atoms with Crippen molar-refractivity contribution >= 4 is 39.9 Å². The highest BCUT2D eigenvalue weighted by Gasteiger charge is 2.31. The highest BCUT2D eigenvalue weighted by atomic mass is 35.5. The number of likely N-dealkylation sites (tertiary alicyclic amines) is 1. The molecule has 0 saturated carbocycles. The Kier molecular flexibility index (Phi) is 6.88. The number of nitrogens with one attached hydrogen (secondary N) is 1. The molecule has 184 valence electrons. The lowest BCUT2D eigenvalue weighted by molar-refractivity contribution is -0.137. The van der Waals surface area contributed by atoms with Crippen molar-refractivity contribution in [2.24, 2.45) is 5.92 Å². The number of rotatable bonds is 6. The third-order valence-electron chi connectivity index (χ3n) is 6.45. The van der Waals surface area contributed by atoms with Gasteiger partial charge in [0.25, 0.3) is 0 Å². The first-order chi connectivity index (χ1) is 17.0. The quantitative estimate of drug-likeness (QED) is 0.530. The van der Waals surface area contributed by atoms with Crippen LogP contribution in [-0.4, -0.2) is 60.3 Å². The molecule has 8 nitrogen and oxygen atoms in total. The molecule has 1 atom stereocenters. The molecule has 2 saturated heterocycles. The Morgan fingerprint density at radius 3 is 2.77 bits per heavy atom. The number of benzene rings is 2. The fourth-order valence-electron chi connectivity index (χ4n) is 4.50. The third-order valence-corrected chi connectivity index (χ3v) is 6.74. The fraction of sp³-hybridized carbons (Fsp3) is 0.400. The lowest BCUT2D eigenvalue weighted by atomic mass is 10.0. The van der Waals surface area contributed by atoms with Gasteiger partial charge in [-0.15, -0.1) is 0 Å². The lowest BCUT2D eigenvalue weighted by Gasteiger charge is -2.33. The molecule has 0 radical (unpaired) electrons. The summed E-state index contributed by atoms with van der Waals surface area (Å²) >= 11 is 5.91. The van der Waals surface area contributed by atoms with E-state index >= 15 is 0 Å². The summed E-state index contributed by atoms with van der Waals surface area (Å²) < 4.78 is 31.6. The number of aromatic nitrogens is 2. The van der Waals surface area contributed by atoms with Crippen LogP contribution in [0.2, 0.25) is 5.02 Å². The van der Waals surface area contributed by atoms with Crippen LogP contribution in [0.15, 0.2) is 36.7 Å². The van der Waals surface area contributed by atoms with Crippen LogP contribution in [0.3, 0.4) is 0 Å². The average molecular weight is 501 g/mol. The van der Waals surface area contributed by atoms with E-state index < -0.39 is 5.82 Å². The zero-order valence-corrected chi connectivity index (χ0v) is 20.1. The molecule has 10 heteroatoms. The number of methoxy groups -OCH3 is 1. The topological polar surface area (TPSA) is 85.8 Å². The van der Waals surface area contributed by atoms with Crippen LogP contribution in [0.4, 0.5) is 15.9 Å². The van der Waals surface area contributed by atoms with E-state index in [-0.39, 0.29) is 28.6 Å². The van der Waals surface area contributed by atoms with E-state index in [9.17, 15) is 9.18 Å². The van der Waals surface area contributed by atoms with Crippen LogP contribution in [-0.2, 0) is 9.53 Å². The Morgan fingerprint density at radius 1 is 1.20 bits per heavy atom. The van der Waals surface area contributed by atoms with Gasteiger partial charge >= 0.3 is 0 Å². The first kappa shape index (κ1) is 23.6. The van der Waals surface area contributed by atoms with E-state index in [4.69, 9.17) is 25.8 Å². The van der Waals surface area contributed by atoms with E-state index in [1.165, 1.54) is 12.4 Å². The van der Waals surface area contributed by atoms with Gasteiger partial charge < -0.3 is 24.4 Å². The minimum absolute atomic E-state index is 0.0177. The molecule has 2 fully saturated rings. The van der Waals surface area contributed by atoms with Crippen molar-refractivity contribution in [2.75, 3.05) is 38.7 Å². The Hall–Kier alpha value is -3.17. The number of hydrogen-bond donors (Lipinski definition) is 1. The summed E-state index contributed by atoms with van der Waals surface area (Å²) in [4.78, 5) is 23.2. The normalized spacial score (nSPS) is 18.6. The summed E-state index contributed by atoms with van der Waals surface area (Å²) in [7, 11) is 1.56. The maximum Gasteiger partial charge on any atom is 0.228 e. The van der Waals surface area contributed by atoms with Gasteiger partial charge in [0.05, 0.1) is 35.9 Å². The number of anilines is 2. The monoisotopic (exact) mass is 500 g/mol. The molecule has 0 spiro atoms. The van der Waals surface area contributed by atoms with Crippen LogP contribution in [0.25, 0.3) is 10.9 Å². The lowest BCUT2D eigenvalue weighted by Crippen LogP contribution is -2.44. The van der Waals surface area contributed by atoms with Crippen molar-refractivity contribution in [1.29, 1.82) is 0 Å². The van der Waals surface area contributed by atoms with Gasteiger partial charge in [0.1, 0.15) is 18.2 Å². The van der Waals surface area contributed by atoms with Crippen molar-refractivity contribution in [3.63, 3.8) is 0 Å². The number of ether oxygens (including phenoxy) is 3. The smallest absolute Gasteiger partial charge is 0.228 e. The SMILES string of the molecule is COc1cc2c(Nc3cccc(Cl)c3F)ncnc2cc1OC1CCN(C(=O)C2CCOC2)CC1. The van der Waals surface area contributed by atoms with Crippen LogP contribution in [0.5, 0.6) is 11.5 Å². The molecule has 1 amide bonds. The minimum Gasteiger partial charge on any atom is -0.493 e. The second-order valence-electron chi connectivity index (χ2n) is 8.67. The predicted molar refractivity (Wildman–Crippen MR) is 130 cm³/mol. The van der Waals surface area contributed by atoms with Gasteiger partial charge in [-0.2, -0.15) is 0 Å².